The Hall–Kier alpha value is -1.57. The lowest BCUT2D eigenvalue weighted by molar-refractivity contribution is -0.367. The summed E-state index contributed by atoms with van der Waals surface area (Å²) in [5.41, 5.74) is 4.46. The number of sulfone groups is 1. The summed E-state index contributed by atoms with van der Waals surface area (Å²) < 4.78 is 36.2. The highest BCUT2D eigenvalue weighted by Gasteiger charge is 2.31. The van der Waals surface area contributed by atoms with E-state index in [2.05, 4.69) is 5.73 Å². The quantitative estimate of drug-likeness (QED) is 0.921. The van der Waals surface area contributed by atoms with Gasteiger partial charge in [0.1, 0.15) is 9.46 Å². The Kier molecular flexibility index (Phi) is 3.41. The number of benzene rings is 1. The summed E-state index contributed by atoms with van der Waals surface area (Å²) in [4.78, 5) is 0. The van der Waals surface area contributed by atoms with Crippen molar-refractivity contribution in [1.82, 2.24) is 0 Å². The van der Waals surface area contributed by atoms with E-state index < -0.39 is 15.1 Å². The molecule has 0 aliphatic carbocycles. The van der Waals surface area contributed by atoms with E-state index in [1.807, 2.05) is 0 Å². The smallest absolute Gasteiger partial charge is 0.231 e. The van der Waals surface area contributed by atoms with E-state index in [0.29, 0.717) is 21.3 Å². The number of thiophene rings is 1. The molecule has 20 heavy (non-hydrogen) atoms. The molecule has 1 aromatic carbocycles. The van der Waals surface area contributed by atoms with E-state index in [-0.39, 0.29) is 13.3 Å². The van der Waals surface area contributed by atoms with Crippen LogP contribution < -0.4 is 15.2 Å². The summed E-state index contributed by atoms with van der Waals surface area (Å²) in [6.45, 7) is 0.436. The number of fused-ring (bicyclic) bond motifs is 1. The molecule has 106 valence electrons. The van der Waals surface area contributed by atoms with Crippen molar-refractivity contribution >= 4 is 21.2 Å². The summed E-state index contributed by atoms with van der Waals surface area (Å²) in [7, 11) is -3.42. The van der Waals surface area contributed by atoms with Crippen molar-refractivity contribution in [2.75, 3.05) is 13.3 Å². The number of quaternary nitrogens is 1. The Morgan fingerprint density at radius 2 is 2.05 bits per heavy atom. The molecule has 7 heteroatoms. The maximum absolute atomic E-state index is 12.6. The van der Waals surface area contributed by atoms with Crippen molar-refractivity contribution in [1.29, 1.82) is 0 Å². The third kappa shape index (κ3) is 2.17. The Labute approximate surface area is 120 Å². The second kappa shape index (κ2) is 5.08. The minimum absolute atomic E-state index is 0.172. The van der Waals surface area contributed by atoms with Gasteiger partial charge >= 0.3 is 0 Å². The second-order valence-corrected chi connectivity index (χ2v) is 7.67. The number of hydrogen-bond donors (Lipinski definition) is 1. The molecule has 1 atom stereocenters. The number of rotatable bonds is 4. The zero-order valence-electron chi connectivity index (χ0n) is 10.6. The fourth-order valence-electron chi connectivity index (χ4n) is 2.18. The van der Waals surface area contributed by atoms with Gasteiger partial charge in [0.15, 0.2) is 21.3 Å². The molecule has 0 fully saturated rings. The second-order valence-electron chi connectivity index (χ2n) is 4.37. The molecule has 1 aromatic heterocycles. The maximum Gasteiger partial charge on any atom is 0.231 e. The first-order valence-electron chi connectivity index (χ1n) is 6.09. The predicted octanol–water partition coefficient (Wildman–Crippen LogP) is 1.23. The molecule has 3 N–H and O–H groups in total. The van der Waals surface area contributed by atoms with Crippen LogP contribution in [0.2, 0.25) is 0 Å². The van der Waals surface area contributed by atoms with Crippen LogP contribution in [-0.4, -0.2) is 21.8 Å². The van der Waals surface area contributed by atoms with Gasteiger partial charge in [0.2, 0.25) is 6.79 Å². The topological polar surface area (TPSA) is 80.2 Å². The van der Waals surface area contributed by atoms with Gasteiger partial charge in [0.25, 0.3) is 0 Å². The summed E-state index contributed by atoms with van der Waals surface area (Å²) in [6, 6.07) is 8.58. The van der Waals surface area contributed by atoms with Gasteiger partial charge in [0, 0.05) is 0 Å². The lowest BCUT2D eigenvalue weighted by atomic mass is 10.1. The van der Waals surface area contributed by atoms with Crippen molar-refractivity contribution in [2.24, 2.45) is 0 Å². The molecule has 1 aliphatic rings. The van der Waals surface area contributed by atoms with Gasteiger partial charge in [-0.05, 0) is 29.1 Å². The molecule has 2 aromatic rings. The highest BCUT2D eigenvalue weighted by molar-refractivity contribution is 7.93. The summed E-state index contributed by atoms with van der Waals surface area (Å²) in [5, 5.41) is 1.09. The fraction of sp³-hybridized carbons (Fsp3) is 0.231. The highest BCUT2D eigenvalue weighted by atomic mass is 32.2. The van der Waals surface area contributed by atoms with Crippen molar-refractivity contribution in [3.8, 4) is 11.5 Å². The van der Waals surface area contributed by atoms with Gasteiger partial charge < -0.3 is 15.2 Å². The first-order valence-corrected chi connectivity index (χ1v) is 8.51. The highest BCUT2D eigenvalue weighted by Crippen LogP contribution is 2.37. The molecular formula is C13H14NO4S2+. The average molecular weight is 312 g/mol. The van der Waals surface area contributed by atoms with Crippen LogP contribution in [0, 0.1) is 0 Å². The molecule has 0 radical (unpaired) electrons. The standard InChI is InChI=1S/C13H13NO4S2/c14-7-12(20(15,16)13-2-1-5-19-13)9-3-4-10-11(6-9)18-8-17-10/h1-6,12H,7-8,14H2/p+1/t12-/m1/s1. The number of hydrogen-bond acceptors (Lipinski definition) is 5. The molecule has 0 unspecified atom stereocenters. The van der Waals surface area contributed by atoms with Crippen LogP contribution in [-0.2, 0) is 9.84 Å². The van der Waals surface area contributed by atoms with Crippen LogP contribution in [0.15, 0.2) is 39.9 Å². The van der Waals surface area contributed by atoms with Crippen molar-refractivity contribution in [3.05, 3.63) is 41.3 Å². The zero-order valence-corrected chi connectivity index (χ0v) is 12.2. The van der Waals surface area contributed by atoms with Gasteiger partial charge in [-0.2, -0.15) is 0 Å². The van der Waals surface area contributed by atoms with E-state index in [9.17, 15) is 8.42 Å². The van der Waals surface area contributed by atoms with E-state index in [4.69, 9.17) is 9.47 Å². The third-order valence-corrected chi connectivity index (χ3v) is 6.78. The molecule has 0 saturated heterocycles. The largest absolute Gasteiger partial charge is 0.454 e. The first kappa shape index (κ1) is 13.4. The summed E-state index contributed by atoms with van der Waals surface area (Å²) in [6.07, 6.45) is 0. The molecule has 0 spiro atoms. The van der Waals surface area contributed by atoms with E-state index >= 15 is 0 Å². The van der Waals surface area contributed by atoms with Gasteiger partial charge in [-0.25, -0.2) is 8.42 Å². The normalized spacial score (nSPS) is 15.2. The average Bonchev–Trinajstić information content (AvgIpc) is 3.10. The zero-order chi connectivity index (χ0) is 14.2. The Bertz CT molecular complexity index is 710. The van der Waals surface area contributed by atoms with Crippen molar-refractivity contribution in [2.45, 2.75) is 9.46 Å². The van der Waals surface area contributed by atoms with Crippen LogP contribution in [0.5, 0.6) is 11.5 Å². The molecule has 1 aliphatic heterocycles. The fourth-order valence-corrected chi connectivity index (χ4v) is 5.04. The van der Waals surface area contributed by atoms with Crippen molar-refractivity contribution in [3.63, 3.8) is 0 Å². The van der Waals surface area contributed by atoms with E-state index in [0.717, 1.165) is 0 Å². The minimum atomic E-state index is -3.42. The van der Waals surface area contributed by atoms with E-state index in [1.54, 1.807) is 35.7 Å². The van der Waals surface area contributed by atoms with Gasteiger partial charge in [0.05, 0.1) is 6.54 Å². The van der Waals surface area contributed by atoms with Crippen LogP contribution >= 0.6 is 11.3 Å². The summed E-state index contributed by atoms with van der Waals surface area (Å²) in [5.74, 6) is 1.23. The summed E-state index contributed by atoms with van der Waals surface area (Å²) >= 11 is 1.22. The molecular weight excluding hydrogens is 298 g/mol. The van der Waals surface area contributed by atoms with Gasteiger partial charge in [-0.15, -0.1) is 11.3 Å². The maximum atomic E-state index is 12.6. The SMILES string of the molecule is [NH3+]C[C@H](c1ccc2c(c1)OCO2)S(=O)(=O)c1cccs1. The van der Waals surface area contributed by atoms with Crippen molar-refractivity contribution < 1.29 is 23.6 Å². The van der Waals surface area contributed by atoms with Crippen LogP contribution in [0.4, 0.5) is 0 Å². The Morgan fingerprint density at radius 3 is 2.75 bits per heavy atom. The lowest BCUT2D eigenvalue weighted by Crippen LogP contribution is -2.54. The van der Waals surface area contributed by atoms with Crippen LogP contribution in [0.3, 0.4) is 0 Å². The molecule has 0 saturated carbocycles. The Morgan fingerprint density at radius 1 is 1.25 bits per heavy atom. The van der Waals surface area contributed by atoms with Crippen LogP contribution in [0.1, 0.15) is 10.8 Å². The van der Waals surface area contributed by atoms with E-state index in [1.165, 1.54) is 11.3 Å². The monoisotopic (exact) mass is 312 g/mol. The Balaban J connectivity index is 2.02. The number of ether oxygens (including phenoxy) is 2. The third-order valence-electron chi connectivity index (χ3n) is 3.18. The molecule has 3 rings (SSSR count). The molecule has 5 nitrogen and oxygen atoms in total. The van der Waals surface area contributed by atoms with Gasteiger partial charge in [-0.3, -0.25) is 0 Å². The van der Waals surface area contributed by atoms with Crippen LogP contribution in [0.25, 0.3) is 0 Å². The van der Waals surface area contributed by atoms with Gasteiger partial charge in [-0.1, -0.05) is 12.1 Å². The predicted molar refractivity (Wildman–Crippen MR) is 74.6 cm³/mol. The molecule has 0 amide bonds. The minimum Gasteiger partial charge on any atom is -0.454 e. The molecule has 0 bridgehead atoms. The first-order chi connectivity index (χ1) is 9.63. The lowest BCUT2D eigenvalue weighted by Gasteiger charge is -2.13. The molecule has 2 heterocycles.